The van der Waals surface area contributed by atoms with Crippen LogP contribution in [0.3, 0.4) is 0 Å². The number of hydrogen-bond donors (Lipinski definition) is 0. The summed E-state index contributed by atoms with van der Waals surface area (Å²) in [4.78, 5) is 0. The van der Waals surface area contributed by atoms with Crippen LogP contribution in [-0.2, 0) is 0 Å². The van der Waals surface area contributed by atoms with Crippen molar-refractivity contribution in [2.24, 2.45) is 0 Å². The van der Waals surface area contributed by atoms with Gasteiger partial charge in [0.15, 0.2) is 0 Å². The van der Waals surface area contributed by atoms with Gasteiger partial charge < -0.3 is 0 Å². The molecule has 0 amide bonds. The Morgan fingerprint density at radius 3 is 2.04 bits per heavy atom. The van der Waals surface area contributed by atoms with Crippen molar-refractivity contribution in [3.8, 4) is 0 Å². The van der Waals surface area contributed by atoms with Gasteiger partial charge in [0.25, 0.3) is 0 Å². The molecule has 0 heterocycles. The molecule has 0 aliphatic heterocycles. The molecule has 4 rings (SSSR count). The Bertz CT molecular complexity index is 999. The molecular weight excluding hydrogens is 676 g/mol. The minimum absolute atomic E-state index is 0.138. The van der Waals surface area contributed by atoms with E-state index in [1.54, 1.807) is 8.92 Å². The summed E-state index contributed by atoms with van der Waals surface area (Å²) >= 11 is 3.17. The maximum absolute atomic E-state index is 2.70. The summed E-state index contributed by atoms with van der Waals surface area (Å²) in [6.07, 6.45) is 0. The first-order chi connectivity index (χ1) is 12.9. The zero-order valence-corrected chi connectivity index (χ0v) is 21.6. The molecule has 1 atom stereocenters. The predicted octanol–water partition coefficient (Wildman–Crippen LogP) is 0.0395. The fourth-order valence-electron chi connectivity index (χ4n) is 2.86. The SMILES string of the molecule is I[I-][Se+](c1ccccc1)c1cccc2cccc([Se]c3ccccc3)c12. The molecule has 0 aliphatic rings. The third-order valence-corrected chi connectivity index (χ3v) is 27.9. The van der Waals surface area contributed by atoms with Crippen LogP contribution in [0.15, 0.2) is 97.1 Å². The molecule has 0 spiro atoms. The quantitative estimate of drug-likeness (QED) is 0.205. The van der Waals surface area contributed by atoms with Gasteiger partial charge in [0.1, 0.15) is 0 Å². The molecule has 0 bridgehead atoms. The Hall–Kier alpha value is -0.361. The molecule has 26 heavy (non-hydrogen) atoms. The van der Waals surface area contributed by atoms with Crippen LogP contribution < -0.4 is 32.8 Å². The molecule has 0 aliphatic carbocycles. The minimum atomic E-state index is -0.945. The van der Waals surface area contributed by atoms with E-state index in [4.69, 9.17) is 0 Å². The first-order valence-corrected chi connectivity index (χ1v) is 23.1. The van der Waals surface area contributed by atoms with E-state index >= 15 is 0 Å². The van der Waals surface area contributed by atoms with E-state index < -0.39 is 10.7 Å². The molecule has 4 heteroatoms. The molecule has 0 fully saturated rings. The molecule has 130 valence electrons. The van der Waals surface area contributed by atoms with E-state index in [2.05, 4.69) is 116 Å². The van der Waals surface area contributed by atoms with Crippen molar-refractivity contribution in [3.63, 3.8) is 0 Å². The summed E-state index contributed by atoms with van der Waals surface area (Å²) in [5.41, 5.74) is 0. The Balaban J connectivity index is 1.87. The number of rotatable bonds is 5. The van der Waals surface area contributed by atoms with Crippen LogP contribution in [0.5, 0.6) is 0 Å². The third kappa shape index (κ3) is 4.21. The van der Waals surface area contributed by atoms with Crippen molar-refractivity contribution < 1.29 is 15.0 Å². The fourth-order valence-corrected chi connectivity index (χ4v) is 26.6. The Morgan fingerprint density at radius 1 is 0.692 bits per heavy atom. The topological polar surface area (TPSA) is 0 Å². The molecular formula is C22H16I2Se2. The van der Waals surface area contributed by atoms with Gasteiger partial charge in [-0.1, -0.05) is 0 Å². The van der Waals surface area contributed by atoms with Gasteiger partial charge in [-0.05, 0) is 0 Å². The zero-order valence-electron chi connectivity index (χ0n) is 13.8. The molecule has 0 saturated carbocycles. The van der Waals surface area contributed by atoms with E-state index in [1.807, 2.05) is 0 Å². The van der Waals surface area contributed by atoms with E-state index in [0.717, 1.165) is 0 Å². The average molecular weight is 692 g/mol. The van der Waals surface area contributed by atoms with E-state index in [-0.39, 0.29) is 15.0 Å². The molecule has 0 radical (unpaired) electrons. The van der Waals surface area contributed by atoms with Crippen molar-refractivity contribution in [1.82, 2.24) is 0 Å². The van der Waals surface area contributed by atoms with Crippen LogP contribution in [0.25, 0.3) is 10.8 Å². The second-order valence-electron chi connectivity index (χ2n) is 5.65. The average Bonchev–Trinajstić information content (AvgIpc) is 2.70. The van der Waals surface area contributed by atoms with Crippen molar-refractivity contribution in [2.75, 3.05) is 0 Å². The third-order valence-electron chi connectivity index (χ3n) is 4.00. The van der Waals surface area contributed by atoms with E-state index in [9.17, 15) is 0 Å². The van der Waals surface area contributed by atoms with Crippen LogP contribution >= 0.6 is 18.6 Å². The van der Waals surface area contributed by atoms with E-state index in [1.165, 1.54) is 19.7 Å². The van der Waals surface area contributed by atoms with Gasteiger partial charge in [-0.15, -0.1) is 0 Å². The zero-order chi connectivity index (χ0) is 17.8. The molecule has 4 aromatic rings. The molecule has 0 nitrogen and oxygen atoms in total. The van der Waals surface area contributed by atoms with Gasteiger partial charge in [0.05, 0.1) is 0 Å². The first-order valence-electron chi connectivity index (χ1n) is 8.17. The summed E-state index contributed by atoms with van der Waals surface area (Å²) in [6, 6.07) is 35.9. The van der Waals surface area contributed by atoms with Gasteiger partial charge in [-0.3, -0.25) is 0 Å². The standard InChI is InChI=1S/C22H16I2Se2/c23-24-26(19-13-5-2-6-14-19)21-16-8-10-17-9-7-15-20(22(17)21)25-18-11-3-1-4-12-18/h1-16H. The Labute approximate surface area is 182 Å². The van der Waals surface area contributed by atoms with Crippen molar-refractivity contribution in [3.05, 3.63) is 97.1 Å². The monoisotopic (exact) mass is 694 g/mol. The van der Waals surface area contributed by atoms with Crippen LogP contribution in [0, 0.1) is 0 Å². The van der Waals surface area contributed by atoms with Crippen molar-refractivity contribution >= 4 is 72.8 Å². The van der Waals surface area contributed by atoms with Crippen molar-refractivity contribution in [1.29, 1.82) is 0 Å². The molecule has 4 aromatic carbocycles. The second kappa shape index (κ2) is 9.22. The number of hydrogen-bond acceptors (Lipinski definition) is 0. The maximum atomic E-state index is 2.70. The van der Waals surface area contributed by atoms with Crippen molar-refractivity contribution in [2.45, 2.75) is 0 Å². The Morgan fingerprint density at radius 2 is 1.35 bits per heavy atom. The molecule has 1 unspecified atom stereocenters. The second-order valence-corrected chi connectivity index (χ2v) is 29.1. The van der Waals surface area contributed by atoms with Gasteiger partial charge in [-0.2, -0.15) is 0 Å². The summed E-state index contributed by atoms with van der Waals surface area (Å²) in [5, 5.41) is 2.93. The van der Waals surface area contributed by atoms with Gasteiger partial charge in [0.2, 0.25) is 0 Å². The van der Waals surface area contributed by atoms with Crippen LogP contribution in [0.4, 0.5) is 0 Å². The van der Waals surface area contributed by atoms with Crippen LogP contribution in [-0.4, -0.2) is 25.6 Å². The predicted molar refractivity (Wildman–Crippen MR) is 121 cm³/mol. The van der Waals surface area contributed by atoms with Gasteiger partial charge in [0, 0.05) is 0 Å². The number of halogens is 2. The first kappa shape index (κ1) is 19.0. The van der Waals surface area contributed by atoms with E-state index in [0.29, 0.717) is 15.0 Å². The normalized spacial score (nSPS) is 12.3. The summed E-state index contributed by atoms with van der Waals surface area (Å²) in [6.45, 7) is 0. The summed E-state index contributed by atoms with van der Waals surface area (Å²) in [7, 11) is -0.945. The van der Waals surface area contributed by atoms with Gasteiger partial charge in [-0.25, -0.2) is 0 Å². The van der Waals surface area contributed by atoms with Gasteiger partial charge >= 0.3 is 185 Å². The van der Waals surface area contributed by atoms with Crippen LogP contribution in [0.2, 0.25) is 0 Å². The fraction of sp³-hybridized carbons (Fsp3) is 0. The number of fused-ring (bicyclic) bond motifs is 1. The summed E-state index contributed by atoms with van der Waals surface area (Å²) in [5.74, 6) is 0. The summed E-state index contributed by atoms with van der Waals surface area (Å²) < 4.78 is 6.17. The Kier molecular flexibility index (Phi) is 6.73. The molecule has 0 aromatic heterocycles. The molecule has 0 saturated heterocycles. The van der Waals surface area contributed by atoms with Crippen LogP contribution in [0.1, 0.15) is 0 Å². The molecule has 0 N–H and O–H groups in total. The number of benzene rings is 4.